The number of benzene rings is 2. The van der Waals surface area contributed by atoms with Crippen molar-refractivity contribution in [2.45, 2.75) is 121 Å². The van der Waals surface area contributed by atoms with Gasteiger partial charge in [-0.2, -0.15) is 4.98 Å². The molecule has 2 aliphatic heterocycles. The van der Waals surface area contributed by atoms with Gasteiger partial charge in [-0.1, -0.05) is 49.3 Å². The van der Waals surface area contributed by atoms with E-state index in [1.165, 1.54) is 0 Å². The fraction of sp³-hybridized carbons (Fsp3) is 0.550. The highest BCUT2D eigenvalue weighted by atomic mass is 32.2. The van der Waals surface area contributed by atoms with Crippen LogP contribution in [0.3, 0.4) is 0 Å². The highest BCUT2D eigenvalue weighted by Gasteiger charge is 2.62. The maximum atomic E-state index is 14.6. The van der Waals surface area contributed by atoms with Crippen LogP contribution in [0.25, 0.3) is 11.0 Å². The number of anilines is 1. The van der Waals surface area contributed by atoms with Gasteiger partial charge in [-0.3, -0.25) is 23.7 Å². The number of nitrogens with zero attached hydrogens (tertiary/aromatic N) is 3. The Hall–Kier alpha value is -4.19. The molecule has 278 valence electrons. The monoisotopic (exact) mass is 729 g/mol. The summed E-state index contributed by atoms with van der Waals surface area (Å²) < 4.78 is 36.4. The molecule has 52 heavy (non-hydrogen) atoms. The fourth-order valence-electron chi connectivity index (χ4n) is 7.94. The first kappa shape index (κ1) is 36.2. The van der Waals surface area contributed by atoms with Crippen LogP contribution in [-0.2, 0) is 24.4 Å². The fourth-order valence-corrected chi connectivity index (χ4v) is 9.27. The first-order valence-corrected chi connectivity index (χ1v) is 20.3. The second kappa shape index (κ2) is 14.0. The normalized spacial score (nSPS) is 28.4. The van der Waals surface area contributed by atoms with E-state index in [-0.39, 0.29) is 43.0 Å². The van der Waals surface area contributed by atoms with Gasteiger partial charge >= 0.3 is 0 Å². The van der Waals surface area contributed by atoms with Crippen molar-refractivity contribution in [2.24, 2.45) is 11.3 Å². The Bertz CT molecular complexity index is 1990. The zero-order valence-corrected chi connectivity index (χ0v) is 31.5. The molecule has 2 aromatic carbocycles. The molecule has 2 aliphatic carbocycles. The van der Waals surface area contributed by atoms with Crippen LogP contribution in [0.2, 0.25) is 0 Å². The lowest BCUT2D eigenvalue weighted by Gasteiger charge is -2.30. The van der Waals surface area contributed by atoms with Gasteiger partial charge in [0.25, 0.3) is 6.01 Å². The van der Waals surface area contributed by atoms with Crippen molar-refractivity contribution in [2.75, 3.05) is 11.9 Å². The summed E-state index contributed by atoms with van der Waals surface area (Å²) in [5.41, 5.74) is 2.49. The number of ether oxygens (including phenoxy) is 1. The summed E-state index contributed by atoms with van der Waals surface area (Å²) in [5, 5.41) is 3.45. The predicted molar refractivity (Wildman–Crippen MR) is 200 cm³/mol. The summed E-state index contributed by atoms with van der Waals surface area (Å²) in [6.07, 6.45) is 8.99. The SMILES string of the molecule is Cc1ccc2nc(O[C@@H]3C[C@H]4C(=O)C[C@]5(C(=O)NS(=O)(=O)C6(C)CC6)C[C@@H]5/C=C\CCCCC[C@H](Nc5ccccc5)C(=O)N4C3)n(C(C)C)c2c1. The van der Waals surface area contributed by atoms with Crippen LogP contribution in [0, 0.1) is 18.3 Å². The number of ketones is 1. The van der Waals surface area contributed by atoms with Crippen molar-refractivity contribution >= 4 is 44.3 Å². The molecule has 2 saturated carbocycles. The smallest absolute Gasteiger partial charge is 0.297 e. The quantitative estimate of drug-likeness (QED) is 0.260. The van der Waals surface area contributed by atoms with E-state index in [1.54, 1.807) is 11.8 Å². The van der Waals surface area contributed by atoms with Crippen molar-refractivity contribution < 1.29 is 27.5 Å². The van der Waals surface area contributed by atoms with E-state index in [1.807, 2.05) is 60.0 Å². The number of carbonyl (C=O) groups excluding carboxylic acids is 3. The van der Waals surface area contributed by atoms with Gasteiger partial charge in [0.1, 0.15) is 12.1 Å². The number of aromatic nitrogens is 2. The molecule has 3 heterocycles. The van der Waals surface area contributed by atoms with E-state index in [2.05, 4.69) is 36.0 Å². The van der Waals surface area contributed by atoms with Crippen molar-refractivity contribution in [3.05, 3.63) is 66.2 Å². The average Bonchev–Trinajstić information content (AvgIpc) is 3.93. The zero-order chi connectivity index (χ0) is 36.8. The summed E-state index contributed by atoms with van der Waals surface area (Å²) in [6.45, 7) is 7.99. The highest BCUT2D eigenvalue weighted by Crippen LogP contribution is 2.57. The summed E-state index contributed by atoms with van der Waals surface area (Å²) in [5.74, 6) is -1.34. The number of aryl methyl sites for hydroxylation is 1. The van der Waals surface area contributed by atoms with Crippen LogP contribution in [0.4, 0.5) is 5.69 Å². The van der Waals surface area contributed by atoms with Gasteiger partial charge in [-0.05, 0) is 102 Å². The molecule has 0 spiro atoms. The molecule has 3 aromatic rings. The molecule has 2 amide bonds. The predicted octanol–water partition coefficient (Wildman–Crippen LogP) is 6.24. The van der Waals surface area contributed by atoms with Crippen LogP contribution >= 0.6 is 0 Å². The Morgan fingerprint density at radius 1 is 1.06 bits per heavy atom. The van der Waals surface area contributed by atoms with Crippen LogP contribution in [0.1, 0.15) is 96.6 Å². The van der Waals surface area contributed by atoms with Crippen LogP contribution < -0.4 is 14.8 Å². The van der Waals surface area contributed by atoms with Crippen molar-refractivity contribution in [1.29, 1.82) is 0 Å². The van der Waals surface area contributed by atoms with Crippen molar-refractivity contribution in [3.8, 4) is 6.01 Å². The maximum Gasteiger partial charge on any atom is 0.297 e. The molecule has 11 nitrogen and oxygen atoms in total. The first-order chi connectivity index (χ1) is 24.8. The van der Waals surface area contributed by atoms with E-state index in [9.17, 15) is 22.8 Å². The molecular weight excluding hydrogens is 679 g/mol. The first-order valence-electron chi connectivity index (χ1n) is 18.8. The largest absolute Gasteiger partial charge is 0.459 e. The lowest BCUT2D eigenvalue weighted by Crippen LogP contribution is -2.49. The number of rotatable bonds is 8. The standard InChI is InChI=1S/C40H51N5O6S/c1-26(2)45-33-21-27(3)17-18-31(33)42-38(45)51-30-22-34-35(46)24-40(37(48)43-52(49,50)39(4)19-20-39)23-28(40)13-9-6-5-7-12-16-32(36(47)44(34)25-30)41-29-14-10-8-11-15-29/h8-11,13-15,17-18,21,26,28,30,32,34,41H,5-7,12,16,19-20,22-25H2,1-4H3,(H,43,48)/b13-9-/t28-,30+,32-,34-,40+/m0/s1. The number of carbonyl (C=O) groups is 3. The number of hydrogen-bond acceptors (Lipinski definition) is 8. The third-order valence-electron chi connectivity index (χ3n) is 11.6. The number of para-hydroxylation sites is 1. The van der Waals surface area contributed by atoms with Gasteiger partial charge in [-0.25, -0.2) is 8.42 Å². The second-order valence-corrected chi connectivity index (χ2v) is 18.2. The van der Waals surface area contributed by atoms with Crippen molar-refractivity contribution in [3.63, 3.8) is 0 Å². The molecular formula is C40H51N5O6S. The number of imidazole rings is 1. The van der Waals surface area contributed by atoms with Crippen LogP contribution in [0.15, 0.2) is 60.7 Å². The molecule has 0 unspecified atom stereocenters. The molecule has 4 aliphatic rings. The number of Topliss-reactive ketones (excluding diaryl/α,β-unsaturated/α-hetero) is 1. The zero-order valence-electron chi connectivity index (χ0n) is 30.6. The van der Waals surface area contributed by atoms with Crippen LogP contribution in [-0.4, -0.2) is 69.9 Å². The average molecular weight is 730 g/mol. The molecule has 12 heteroatoms. The minimum absolute atomic E-state index is 0.0452. The summed E-state index contributed by atoms with van der Waals surface area (Å²) in [7, 11) is -3.90. The van der Waals surface area contributed by atoms with Gasteiger partial charge < -0.3 is 15.0 Å². The minimum atomic E-state index is -3.90. The topological polar surface area (TPSA) is 140 Å². The summed E-state index contributed by atoms with van der Waals surface area (Å²) >= 11 is 0. The third-order valence-corrected chi connectivity index (χ3v) is 13.7. The van der Waals surface area contributed by atoms with Crippen LogP contribution in [0.5, 0.6) is 6.01 Å². The second-order valence-electron chi connectivity index (χ2n) is 16.0. The van der Waals surface area contributed by atoms with Gasteiger partial charge in [0, 0.05) is 24.6 Å². The van der Waals surface area contributed by atoms with E-state index in [0.29, 0.717) is 31.7 Å². The molecule has 2 N–H and O–H groups in total. The molecule has 1 aromatic heterocycles. The third kappa shape index (κ3) is 7.10. The van der Waals surface area contributed by atoms with E-state index < -0.39 is 44.3 Å². The highest BCUT2D eigenvalue weighted by molar-refractivity contribution is 7.91. The van der Waals surface area contributed by atoms with E-state index >= 15 is 0 Å². The number of nitrogens with one attached hydrogen (secondary N) is 2. The Labute approximate surface area is 306 Å². The number of amides is 2. The molecule has 5 atom stereocenters. The number of allylic oxidation sites excluding steroid dienone is 2. The van der Waals surface area contributed by atoms with E-state index in [4.69, 9.17) is 9.72 Å². The summed E-state index contributed by atoms with van der Waals surface area (Å²) in [6, 6.07) is 14.7. The van der Waals surface area contributed by atoms with Gasteiger partial charge in [0.05, 0.1) is 33.8 Å². The van der Waals surface area contributed by atoms with Gasteiger partial charge in [0.15, 0.2) is 5.78 Å². The Morgan fingerprint density at radius 3 is 2.56 bits per heavy atom. The number of sulfonamides is 1. The molecule has 3 fully saturated rings. The Kier molecular flexibility index (Phi) is 9.73. The number of hydrogen-bond donors (Lipinski definition) is 2. The maximum absolute atomic E-state index is 14.6. The number of fused-ring (bicyclic) bond motifs is 3. The molecule has 0 radical (unpaired) electrons. The lowest BCUT2D eigenvalue weighted by molar-refractivity contribution is -0.139. The van der Waals surface area contributed by atoms with E-state index in [0.717, 1.165) is 48.0 Å². The molecule has 7 rings (SSSR count). The molecule has 0 bridgehead atoms. The van der Waals surface area contributed by atoms with Gasteiger partial charge in [0.2, 0.25) is 21.8 Å². The Morgan fingerprint density at radius 2 is 1.83 bits per heavy atom. The van der Waals surface area contributed by atoms with Crippen molar-refractivity contribution in [1.82, 2.24) is 19.2 Å². The minimum Gasteiger partial charge on any atom is -0.459 e. The molecule has 1 saturated heterocycles. The summed E-state index contributed by atoms with van der Waals surface area (Å²) in [4.78, 5) is 49.6. The lowest BCUT2D eigenvalue weighted by atomic mass is 9.91. The van der Waals surface area contributed by atoms with Gasteiger partial charge in [-0.15, -0.1) is 0 Å². The Balaban J connectivity index is 1.21.